The van der Waals surface area contributed by atoms with Crippen molar-refractivity contribution in [1.29, 1.82) is 0 Å². The zero-order valence-electron chi connectivity index (χ0n) is 14.7. The minimum atomic E-state index is -0.267. The average Bonchev–Trinajstić information content (AvgIpc) is 2.83. The first-order valence-electron chi connectivity index (χ1n) is 8.64. The Bertz CT molecular complexity index is 1070. The van der Waals surface area contributed by atoms with E-state index in [2.05, 4.69) is 0 Å². The number of aromatic nitrogens is 2. The fourth-order valence-electron chi connectivity index (χ4n) is 3.58. The molecule has 0 spiro atoms. The molecule has 1 aliphatic heterocycles. The van der Waals surface area contributed by atoms with E-state index >= 15 is 0 Å². The van der Waals surface area contributed by atoms with Gasteiger partial charge in [-0.25, -0.2) is 9.36 Å². The fraction of sp³-hybridized carbons (Fsp3) is 0.250. The molecule has 3 aromatic rings. The summed E-state index contributed by atoms with van der Waals surface area (Å²) in [5.74, 6) is -0.0799. The third-order valence-corrected chi connectivity index (χ3v) is 5.49. The first-order valence-corrected chi connectivity index (χ1v) is 9.40. The molecule has 1 N–H and O–H groups in total. The highest BCUT2D eigenvalue weighted by Crippen LogP contribution is 2.39. The minimum Gasteiger partial charge on any atom is -0.493 e. The van der Waals surface area contributed by atoms with Gasteiger partial charge in [0.15, 0.2) is 0 Å². The van der Waals surface area contributed by atoms with Crippen molar-refractivity contribution in [2.45, 2.75) is 20.0 Å². The molecular formula is C20H18Cl2N2O3. The van der Waals surface area contributed by atoms with Crippen molar-refractivity contribution in [3.05, 3.63) is 62.4 Å². The van der Waals surface area contributed by atoms with E-state index < -0.39 is 0 Å². The predicted octanol–water partition coefficient (Wildman–Crippen LogP) is 4.33. The highest BCUT2D eigenvalue weighted by molar-refractivity contribution is 6.33. The van der Waals surface area contributed by atoms with Crippen LogP contribution in [-0.4, -0.2) is 27.7 Å². The van der Waals surface area contributed by atoms with Gasteiger partial charge >= 0.3 is 0 Å². The van der Waals surface area contributed by atoms with Crippen molar-refractivity contribution in [3.63, 3.8) is 0 Å². The third kappa shape index (κ3) is 3.06. The number of hydrogen-bond donors (Lipinski definition) is 1. The van der Waals surface area contributed by atoms with Crippen molar-refractivity contribution in [2.75, 3.05) is 13.2 Å². The molecule has 0 fully saturated rings. The first-order chi connectivity index (χ1) is 13.0. The summed E-state index contributed by atoms with van der Waals surface area (Å²) >= 11 is 12.5. The summed E-state index contributed by atoms with van der Waals surface area (Å²) in [6.45, 7) is 3.58. The summed E-state index contributed by atoms with van der Waals surface area (Å²) < 4.78 is 8.48. The SMILES string of the molecule is Cc1c(-c2ccc(Cl)cc2)ccc(Cl)c1-c1c(O)n2n(c1=O)CCOCC2. The van der Waals surface area contributed by atoms with Crippen LogP contribution in [0, 0.1) is 6.92 Å². The Morgan fingerprint density at radius 3 is 2.33 bits per heavy atom. The molecule has 2 heterocycles. The second kappa shape index (κ2) is 7.08. The molecular weight excluding hydrogens is 387 g/mol. The average molecular weight is 405 g/mol. The van der Waals surface area contributed by atoms with E-state index in [1.807, 2.05) is 37.3 Å². The summed E-state index contributed by atoms with van der Waals surface area (Å²) in [7, 11) is 0. The predicted molar refractivity (Wildman–Crippen MR) is 107 cm³/mol. The van der Waals surface area contributed by atoms with Gasteiger partial charge in [-0.1, -0.05) is 41.4 Å². The monoisotopic (exact) mass is 404 g/mol. The van der Waals surface area contributed by atoms with E-state index in [1.54, 1.807) is 10.7 Å². The van der Waals surface area contributed by atoms with Gasteiger partial charge in [-0.3, -0.25) is 4.79 Å². The molecule has 1 aromatic heterocycles. The van der Waals surface area contributed by atoms with Crippen LogP contribution in [0.4, 0.5) is 0 Å². The van der Waals surface area contributed by atoms with Gasteiger partial charge in [0.25, 0.3) is 5.56 Å². The fourth-order valence-corrected chi connectivity index (χ4v) is 4.00. The molecule has 0 saturated heterocycles. The molecule has 0 unspecified atom stereocenters. The minimum absolute atomic E-state index is 0.0799. The molecule has 0 bridgehead atoms. The van der Waals surface area contributed by atoms with Crippen LogP contribution in [0.5, 0.6) is 5.88 Å². The molecule has 0 amide bonds. The van der Waals surface area contributed by atoms with Gasteiger partial charge in [0.2, 0.25) is 5.88 Å². The van der Waals surface area contributed by atoms with E-state index in [-0.39, 0.29) is 17.0 Å². The zero-order chi connectivity index (χ0) is 19.1. The van der Waals surface area contributed by atoms with Crippen LogP contribution in [0.2, 0.25) is 10.0 Å². The van der Waals surface area contributed by atoms with Crippen LogP contribution in [0.1, 0.15) is 5.56 Å². The topological polar surface area (TPSA) is 56.4 Å². The number of fused-ring (bicyclic) bond motifs is 1. The lowest BCUT2D eigenvalue weighted by Gasteiger charge is -2.13. The second-order valence-electron chi connectivity index (χ2n) is 6.46. The summed E-state index contributed by atoms with van der Waals surface area (Å²) in [6.07, 6.45) is 0. The van der Waals surface area contributed by atoms with E-state index in [1.165, 1.54) is 4.68 Å². The molecule has 0 radical (unpaired) electrons. The maximum Gasteiger partial charge on any atom is 0.278 e. The molecule has 0 aliphatic carbocycles. The lowest BCUT2D eigenvalue weighted by molar-refractivity contribution is 0.137. The summed E-state index contributed by atoms with van der Waals surface area (Å²) in [5, 5.41) is 11.9. The Balaban J connectivity index is 1.94. The van der Waals surface area contributed by atoms with Crippen molar-refractivity contribution in [3.8, 4) is 28.1 Å². The van der Waals surface area contributed by atoms with Gasteiger partial charge in [-0.2, -0.15) is 0 Å². The van der Waals surface area contributed by atoms with Gasteiger partial charge in [-0.05, 0) is 41.8 Å². The van der Waals surface area contributed by atoms with Gasteiger partial charge in [0.05, 0.1) is 26.3 Å². The van der Waals surface area contributed by atoms with E-state index in [0.29, 0.717) is 41.9 Å². The lowest BCUT2D eigenvalue weighted by atomic mass is 9.93. The molecule has 2 aromatic carbocycles. The van der Waals surface area contributed by atoms with E-state index in [9.17, 15) is 9.90 Å². The van der Waals surface area contributed by atoms with Crippen LogP contribution >= 0.6 is 23.2 Å². The van der Waals surface area contributed by atoms with Crippen molar-refractivity contribution >= 4 is 23.2 Å². The lowest BCUT2D eigenvalue weighted by Crippen LogP contribution is -2.23. The quantitative estimate of drug-likeness (QED) is 0.691. The molecule has 4 rings (SSSR count). The van der Waals surface area contributed by atoms with E-state index in [4.69, 9.17) is 27.9 Å². The Morgan fingerprint density at radius 1 is 0.963 bits per heavy atom. The van der Waals surface area contributed by atoms with Crippen molar-refractivity contribution in [2.24, 2.45) is 0 Å². The third-order valence-electron chi connectivity index (χ3n) is 4.92. The van der Waals surface area contributed by atoms with Gasteiger partial charge in [0, 0.05) is 15.6 Å². The molecule has 5 nitrogen and oxygen atoms in total. The van der Waals surface area contributed by atoms with E-state index in [0.717, 1.165) is 16.7 Å². The summed E-state index contributed by atoms with van der Waals surface area (Å²) in [4.78, 5) is 13.0. The van der Waals surface area contributed by atoms with Gasteiger partial charge in [0.1, 0.15) is 5.56 Å². The zero-order valence-corrected chi connectivity index (χ0v) is 16.2. The van der Waals surface area contributed by atoms with Crippen LogP contribution < -0.4 is 5.56 Å². The normalized spacial score (nSPS) is 14.0. The van der Waals surface area contributed by atoms with Crippen LogP contribution in [0.15, 0.2) is 41.2 Å². The second-order valence-corrected chi connectivity index (χ2v) is 7.31. The highest BCUT2D eigenvalue weighted by Gasteiger charge is 2.26. The Labute approximate surface area is 166 Å². The smallest absolute Gasteiger partial charge is 0.278 e. The Kier molecular flexibility index (Phi) is 4.76. The highest BCUT2D eigenvalue weighted by atomic mass is 35.5. The number of rotatable bonds is 2. The maximum atomic E-state index is 13.0. The first kappa shape index (κ1) is 18.2. The molecule has 0 atom stereocenters. The molecule has 0 saturated carbocycles. The summed E-state index contributed by atoms with van der Waals surface area (Å²) in [6, 6.07) is 11.1. The Morgan fingerprint density at radius 2 is 1.63 bits per heavy atom. The largest absolute Gasteiger partial charge is 0.493 e. The molecule has 1 aliphatic rings. The standard InChI is InChI=1S/C20H18Cl2N2O3/c1-12-15(13-2-4-14(21)5-3-13)6-7-16(22)17(12)18-19(25)23-8-10-27-11-9-24(23)20(18)26/h2-7,25H,8-11H2,1H3. The summed E-state index contributed by atoms with van der Waals surface area (Å²) in [5.41, 5.74) is 3.24. The molecule has 140 valence electrons. The van der Waals surface area contributed by atoms with Gasteiger partial charge in [-0.15, -0.1) is 0 Å². The Hall–Kier alpha value is -2.21. The van der Waals surface area contributed by atoms with Crippen molar-refractivity contribution in [1.82, 2.24) is 9.36 Å². The maximum absolute atomic E-state index is 13.0. The van der Waals surface area contributed by atoms with Gasteiger partial charge < -0.3 is 9.84 Å². The number of nitrogens with zero attached hydrogens (tertiary/aromatic N) is 2. The molecule has 7 heteroatoms. The van der Waals surface area contributed by atoms with Crippen LogP contribution in [-0.2, 0) is 17.8 Å². The number of benzene rings is 2. The number of halogens is 2. The number of hydrogen-bond acceptors (Lipinski definition) is 3. The van der Waals surface area contributed by atoms with Crippen LogP contribution in [0.3, 0.4) is 0 Å². The van der Waals surface area contributed by atoms with Crippen molar-refractivity contribution < 1.29 is 9.84 Å². The number of aromatic hydroxyl groups is 1. The molecule has 27 heavy (non-hydrogen) atoms. The number of ether oxygens (including phenoxy) is 1. The van der Waals surface area contributed by atoms with Crippen LogP contribution in [0.25, 0.3) is 22.3 Å².